The Balaban J connectivity index is 0.00000188. The number of fused-ring (bicyclic) bond motifs is 3. The Hall–Kier alpha value is -4.74. The second kappa shape index (κ2) is 13.3. The van der Waals surface area contributed by atoms with E-state index in [0.717, 1.165) is 51.2 Å². The number of ether oxygens (including phenoxy) is 3. The van der Waals surface area contributed by atoms with Gasteiger partial charge in [0.05, 0.1) is 31.1 Å². The average molecular weight is 612 g/mol. The third-order valence-corrected chi connectivity index (χ3v) is 8.54. The van der Waals surface area contributed by atoms with Gasteiger partial charge in [0.15, 0.2) is 0 Å². The van der Waals surface area contributed by atoms with Crippen LogP contribution in [0.5, 0.6) is 5.75 Å². The normalized spacial score (nSPS) is 16.1. The number of amides is 1. The third kappa shape index (κ3) is 6.29. The summed E-state index contributed by atoms with van der Waals surface area (Å²) in [5.41, 5.74) is 7.49. The lowest BCUT2D eigenvalue weighted by atomic mass is 9.93. The molecule has 2 heterocycles. The number of carbonyl (C=O) groups excluding carboxylic acids is 2. The molecule has 1 saturated carbocycles. The van der Waals surface area contributed by atoms with Crippen molar-refractivity contribution in [1.29, 1.82) is 0 Å². The largest absolute Gasteiger partial charge is 0.490 e. The zero-order chi connectivity index (χ0) is 31.4. The maximum atomic E-state index is 13.2. The number of benzene rings is 3. The van der Waals surface area contributed by atoms with Crippen LogP contribution in [0.25, 0.3) is 11.1 Å². The summed E-state index contributed by atoms with van der Waals surface area (Å²) in [6.07, 6.45) is 12.5. The number of aryl methyl sites for hydroxylation is 1. The van der Waals surface area contributed by atoms with E-state index < -0.39 is 5.97 Å². The molecule has 1 amide bonds. The molecule has 0 bridgehead atoms. The van der Waals surface area contributed by atoms with Crippen molar-refractivity contribution in [2.45, 2.75) is 32.7 Å². The number of methoxy groups -OCH3 is 1. The molecule has 2 atom stereocenters. The molecule has 226 valence electrons. The van der Waals surface area contributed by atoms with Crippen molar-refractivity contribution < 1.29 is 23.8 Å². The molecule has 0 N–H and O–H groups in total. The molecule has 3 aromatic carbocycles. The molecule has 2 aliphatic rings. The summed E-state index contributed by atoms with van der Waals surface area (Å²) < 4.78 is 18.2. The average Bonchev–Trinajstić information content (AvgIpc) is 3.69. The Labute approximate surface area is 262 Å². The summed E-state index contributed by atoms with van der Waals surface area (Å²) in [6.45, 7) is 5.56. The molecule has 4 aromatic rings. The number of hydrogen-bond acceptors (Lipinski definition) is 6. The number of carbonyl (C=O) groups is 2. The molecule has 44 heavy (non-hydrogen) atoms. The van der Waals surface area contributed by atoms with Crippen LogP contribution in [-0.2, 0) is 16.0 Å². The number of terminal acetylenes is 1. The summed E-state index contributed by atoms with van der Waals surface area (Å²) in [7, 11) is 1.35. The first-order valence-corrected chi connectivity index (χ1v) is 14.7. The van der Waals surface area contributed by atoms with Gasteiger partial charge in [-0.3, -0.25) is 9.58 Å². The van der Waals surface area contributed by atoms with Crippen molar-refractivity contribution in [1.82, 2.24) is 9.78 Å². The van der Waals surface area contributed by atoms with Crippen LogP contribution in [0.15, 0.2) is 67.0 Å². The summed E-state index contributed by atoms with van der Waals surface area (Å²) in [6, 6.07) is 17.0. The van der Waals surface area contributed by atoms with Crippen molar-refractivity contribution in [2.24, 2.45) is 5.92 Å². The highest BCUT2D eigenvalue weighted by Crippen LogP contribution is 2.57. The van der Waals surface area contributed by atoms with Crippen LogP contribution in [0, 0.1) is 32.6 Å². The molecule has 8 nitrogen and oxygen atoms in total. The fraction of sp³-hybridized carbons (Fsp3) is 0.286. The summed E-state index contributed by atoms with van der Waals surface area (Å²) in [5.74, 6) is 1.20. The van der Waals surface area contributed by atoms with Crippen LogP contribution in [0.1, 0.15) is 45.0 Å². The summed E-state index contributed by atoms with van der Waals surface area (Å²) >= 11 is 6.42. The van der Waals surface area contributed by atoms with Gasteiger partial charge in [-0.15, -0.1) is 12.8 Å². The van der Waals surface area contributed by atoms with Gasteiger partial charge < -0.3 is 14.2 Å². The maximum Gasteiger partial charge on any atom is 0.414 e. The predicted octanol–water partition coefficient (Wildman–Crippen LogP) is 7.04. The fourth-order valence-corrected chi connectivity index (χ4v) is 5.86. The van der Waals surface area contributed by atoms with Gasteiger partial charge in [-0.1, -0.05) is 35.9 Å². The SMILES string of the molecule is C#C.COC(=O)c1ccc(Cl)c(Cn2cc(-c3cccc4c3C3CC3CN4C(=O)OCCOc3cccc(C)c3C)cn2)c1. The van der Waals surface area contributed by atoms with Crippen molar-refractivity contribution >= 4 is 29.4 Å². The lowest BCUT2D eigenvalue weighted by molar-refractivity contribution is 0.0600. The first-order chi connectivity index (χ1) is 21.3. The monoisotopic (exact) mass is 611 g/mol. The molecule has 0 spiro atoms. The smallest absolute Gasteiger partial charge is 0.414 e. The fourth-order valence-electron chi connectivity index (χ4n) is 5.68. The highest BCUT2D eigenvalue weighted by atomic mass is 35.5. The van der Waals surface area contributed by atoms with Crippen LogP contribution in [-0.4, -0.2) is 48.7 Å². The van der Waals surface area contributed by atoms with Crippen molar-refractivity contribution in [3.05, 3.63) is 99.8 Å². The summed E-state index contributed by atoms with van der Waals surface area (Å²) in [4.78, 5) is 27.0. The Morgan fingerprint density at radius 2 is 1.86 bits per heavy atom. The van der Waals surface area contributed by atoms with Crippen LogP contribution in [0.2, 0.25) is 5.02 Å². The summed E-state index contributed by atoms with van der Waals surface area (Å²) in [5, 5.41) is 5.12. The van der Waals surface area contributed by atoms with Gasteiger partial charge in [-0.2, -0.15) is 5.10 Å². The topological polar surface area (TPSA) is 82.9 Å². The number of rotatable bonds is 8. The van der Waals surface area contributed by atoms with Gasteiger partial charge in [-0.25, -0.2) is 9.59 Å². The molecule has 9 heteroatoms. The van der Waals surface area contributed by atoms with Crippen LogP contribution < -0.4 is 9.64 Å². The van der Waals surface area contributed by atoms with Gasteiger partial charge in [0, 0.05) is 23.3 Å². The zero-order valence-electron chi connectivity index (χ0n) is 25.0. The highest BCUT2D eigenvalue weighted by Gasteiger charge is 2.48. The van der Waals surface area contributed by atoms with Crippen LogP contribution >= 0.6 is 11.6 Å². The van der Waals surface area contributed by atoms with E-state index in [4.69, 9.17) is 25.8 Å². The first kappa shape index (κ1) is 30.7. The van der Waals surface area contributed by atoms with E-state index >= 15 is 0 Å². The minimum atomic E-state index is -0.416. The van der Waals surface area contributed by atoms with Gasteiger partial charge in [0.25, 0.3) is 0 Å². The van der Waals surface area contributed by atoms with Crippen LogP contribution in [0.4, 0.5) is 10.5 Å². The predicted molar refractivity (Wildman–Crippen MR) is 170 cm³/mol. The molecule has 6 rings (SSSR count). The maximum absolute atomic E-state index is 13.2. The number of anilines is 1. The van der Waals surface area contributed by atoms with E-state index in [1.54, 1.807) is 27.8 Å². The zero-order valence-corrected chi connectivity index (χ0v) is 25.7. The first-order valence-electron chi connectivity index (χ1n) is 14.3. The molecular weight excluding hydrogens is 578 g/mol. The number of nitrogens with zero attached hydrogens (tertiary/aromatic N) is 3. The standard InChI is InChI=1S/C33H32ClN3O5.C2H2/c1-20-6-4-9-30(21(20)2)41-12-13-42-33(39)37-19-23-15-27(23)31-26(7-5-8-29(31)37)25-16-35-36(18-25)17-24-14-22(32(38)40-3)10-11-28(24)34;1-2/h4-11,14,16,18,23,27H,12-13,15,17,19H2,1-3H3;1-2H. The molecule has 1 aliphatic heterocycles. The minimum Gasteiger partial charge on any atom is -0.490 e. The van der Waals surface area contributed by atoms with Crippen LogP contribution in [0.3, 0.4) is 0 Å². The lowest BCUT2D eigenvalue weighted by Crippen LogP contribution is -2.37. The Morgan fingerprint density at radius 3 is 2.66 bits per heavy atom. The van der Waals surface area contributed by atoms with Crippen molar-refractivity contribution in [3.8, 4) is 29.7 Å². The Morgan fingerprint density at radius 1 is 1.07 bits per heavy atom. The van der Waals surface area contributed by atoms with E-state index in [2.05, 4.69) is 24.0 Å². The van der Waals surface area contributed by atoms with E-state index in [1.165, 1.54) is 7.11 Å². The van der Waals surface area contributed by atoms with Gasteiger partial charge in [0.1, 0.15) is 19.0 Å². The molecule has 1 fully saturated rings. The minimum absolute atomic E-state index is 0.165. The third-order valence-electron chi connectivity index (χ3n) is 8.17. The molecular formula is C35H34ClN3O5. The van der Waals surface area contributed by atoms with Gasteiger partial charge in [0.2, 0.25) is 0 Å². The Kier molecular flexibility index (Phi) is 9.26. The highest BCUT2D eigenvalue weighted by molar-refractivity contribution is 6.31. The molecule has 1 aromatic heterocycles. The molecule has 0 radical (unpaired) electrons. The lowest BCUT2D eigenvalue weighted by Gasteiger charge is -2.29. The number of aromatic nitrogens is 2. The van der Waals surface area contributed by atoms with Gasteiger partial charge in [-0.05, 0) is 90.3 Å². The number of halogens is 1. The quantitative estimate of drug-likeness (QED) is 0.121. The molecule has 0 saturated heterocycles. The number of hydrogen-bond donors (Lipinski definition) is 0. The second-order valence-electron chi connectivity index (χ2n) is 10.8. The van der Waals surface area contributed by atoms with Crippen molar-refractivity contribution in [2.75, 3.05) is 31.8 Å². The molecule has 1 aliphatic carbocycles. The Bertz CT molecular complexity index is 1710. The van der Waals surface area contributed by atoms with Gasteiger partial charge >= 0.3 is 12.1 Å². The van der Waals surface area contributed by atoms with E-state index in [-0.39, 0.29) is 19.3 Å². The second-order valence-corrected chi connectivity index (χ2v) is 11.2. The number of esters is 1. The van der Waals surface area contributed by atoms with Crippen molar-refractivity contribution in [3.63, 3.8) is 0 Å². The molecule has 2 unspecified atom stereocenters. The van der Waals surface area contributed by atoms with E-state index in [0.29, 0.717) is 35.5 Å². The van der Waals surface area contributed by atoms with E-state index in [9.17, 15) is 9.59 Å². The van der Waals surface area contributed by atoms with E-state index in [1.807, 2.05) is 56.6 Å².